The quantitative estimate of drug-likeness (QED) is 0.301. The molecule has 31 heavy (non-hydrogen) atoms. The summed E-state index contributed by atoms with van der Waals surface area (Å²) < 4.78 is 1.81. The van der Waals surface area contributed by atoms with Crippen LogP contribution in [0.3, 0.4) is 0 Å². The molecule has 4 nitrogen and oxygen atoms in total. The lowest BCUT2D eigenvalue weighted by molar-refractivity contribution is 0.103. The Morgan fingerprint density at radius 1 is 0.935 bits per heavy atom. The van der Waals surface area contributed by atoms with E-state index in [0.717, 1.165) is 0 Å². The van der Waals surface area contributed by atoms with Crippen LogP contribution in [0.4, 0.5) is 5.82 Å². The molecule has 0 amide bonds. The summed E-state index contributed by atoms with van der Waals surface area (Å²) in [4.78, 5) is 13.6. The van der Waals surface area contributed by atoms with E-state index < -0.39 is 0 Å². The molecule has 0 fully saturated rings. The highest BCUT2D eigenvalue weighted by atomic mass is 35.5. The molecule has 4 rings (SSSR count). The number of nitrogens with zero attached hydrogens (tertiary/aromatic N) is 2. The van der Waals surface area contributed by atoms with Crippen LogP contribution in [0.5, 0.6) is 0 Å². The summed E-state index contributed by atoms with van der Waals surface area (Å²) in [5, 5.41) is 10.6. The van der Waals surface area contributed by atoms with Gasteiger partial charge in [-0.05, 0) is 29.8 Å². The molecule has 0 atom stereocenters. The summed E-state index contributed by atoms with van der Waals surface area (Å²) in [7, 11) is 0. The summed E-state index contributed by atoms with van der Waals surface area (Å²) in [5.74, 6) is -0.106. The molecule has 0 saturated carbocycles. The van der Waals surface area contributed by atoms with Gasteiger partial charge in [-0.1, -0.05) is 84.5 Å². The monoisotopic (exact) mass is 441 g/mol. The van der Waals surface area contributed by atoms with Gasteiger partial charge in [0, 0.05) is 21.8 Å². The standard InChI is InChI=1S/C25H16ClN3OS/c26-18-13-11-16(12-14-18)21-20(15-27)24(28)29(19-9-5-2-6-10-19)25(31)22(21)23(30)17-7-3-1-4-8-17/h1-14H,28H2. The zero-order valence-electron chi connectivity index (χ0n) is 16.2. The summed E-state index contributed by atoms with van der Waals surface area (Å²) in [6.07, 6.45) is 0. The number of hydrogen-bond donors (Lipinski definition) is 1. The first-order chi connectivity index (χ1) is 15.0. The lowest BCUT2D eigenvalue weighted by Crippen LogP contribution is -2.15. The second-order valence-electron chi connectivity index (χ2n) is 6.80. The van der Waals surface area contributed by atoms with Crippen LogP contribution in [-0.2, 0) is 0 Å². The van der Waals surface area contributed by atoms with E-state index in [-0.39, 0.29) is 27.4 Å². The van der Waals surface area contributed by atoms with E-state index in [0.29, 0.717) is 27.4 Å². The predicted octanol–water partition coefficient (Wildman–Crippen LogP) is 6.21. The molecule has 0 bridgehead atoms. The number of nitrogen functional groups attached to an aromatic ring is 1. The topological polar surface area (TPSA) is 71.8 Å². The summed E-state index contributed by atoms with van der Waals surface area (Å²) >= 11 is 11.8. The second kappa shape index (κ2) is 8.57. The van der Waals surface area contributed by atoms with E-state index >= 15 is 0 Å². The second-order valence-corrected chi connectivity index (χ2v) is 7.62. The zero-order chi connectivity index (χ0) is 22.0. The number of anilines is 1. The fourth-order valence-electron chi connectivity index (χ4n) is 3.49. The van der Waals surface area contributed by atoms with Gasteiger partial charge in [0.15, 0.2) is 5.78 Å². The molecule has 150 valence electrons. The number of aromatic nitrogens is 1. The van der Waals surface area contributed by atoms with Crippen molar-refractivity contribution in [1.29, 1.82) is 5.26 Å². The Balaban J connectivity index is 2.14. The summed E-state index contributed by atoms with van der Waals surface area (Å²) in [6, 6.07) is 27.1. The van der Waals surface area contributed by atoms with E-state index in [1.807, 2.05) is 36.4 Å². The minimum Gasteiger partial charge on any atom is -0.384 e. The number of nitriles is 1. The highest BCUT2D eigenvalue weighted by Crippen LogP contribution is 2.36. The van der Waals surface area contributed by atoms with Crippen LogP contribution in [0.25, 0.3) is 16.8 Å². The molecule has 4 aromatic rings. The molecular weight excluding hydrogens is 426 g/mol. The zero-order valence-corrected chi connectivity index (χ0v) is 17.8. The molecule has 0 aliphatic heterocycles. The number of para-hydroxylation sites is 1. The Bertz CT molecular complexity index is 1370. The van der Waals surface area contributed by atoms with Crippen molar-refractivity contribution in [1.82, 2.24) is 4.57 Å². The van der Waals surface area contributed by atoms with Crippen molar-refractivity contribution in [2.75, 3.05) is 5.73 Å². The van der Waals surface area contributed by atoms with Crippen LogP contribution >= 0.6 is 23.8 Å². The van der Waals surface area contributed by atoms with E-state index in [4.69, 9.17) is 29.6 Å². The highest BCUT2D eigenvalue weighted by Gasteiger charge is 2.25. The third kappa shape index (κ3) is 3.75. The van der Waals surface area contributed by atoms with Crippen LogP contribution in [0.15, 0.2) is 84.9 Å². The molecule has 0 spiro atoms. The minimum atomic E-state index is -0.281. The maximum Gasteiger partial charge on any atom is 0.196 e. The van der Waals surface area contributed by atoms with Crippen LogP contribution in [0.1, 0.15) is 21.5 Å². The number of rotatable bonds is 4. The fraction of sp³-hybridized carbons (Fsp3) is 0. The maximum atomic E-state index is 13.6. The van der Waals surface area contributed by atoms with Gasteiger partial charge in [-0.15, -0.1) is 0 Å². The Hall–Kier alpha value is -3.72. The van der Waals surface area contributed by atoms with E-state index in [9.17, 15) is 10.1 Å². The molecule has 1 aromatic heterocycles. The average Bonchev–Trinajstić information content (AvgIpc) is 2.80. The van der Waals surface area contributed by atoms with Crippen molar-refractivity contribution in [3.05, 3.63) is 111 Å². The Kier molecular flexibility index (Phi) is 5.68. The van der Waals surface area contributed by atoms with E-state index in [1.165, 1.54) is 0 Å². The van der Waals surface area contributed by atoms with Gasteiger partial charge in [-0.3, -0.25) is 9.36 Å². The van der Waals surface area contributed by atoms with Gasteiger partial charge in [-0.2, -0.15) is 5.26 Å². The fourth-order valence-corrected chi connectivity index (χ4v) is 4.01. The van der Waals surface area contributed by atoms with Crippen molar-refractivity contribution in [2.24, 2.45) is 0 Å². The van der Waals surface area contributed by atoms with Gasteiger partial charge < -0.3 is 5.73 Å². The molecule has 3 aromatic carbocycles. The summed E-state index contributed by atoms with van der Waals surface area (Å²) in [5.41, 5.74) is 9.05. The first kappa shape index (κ1) is 20.5. The van der Waals surface area contributed by atoms with Crippen molar-refractivity contribution in [3.63, 3.8) is 0 Å². The third-order valence-electron chi connectivity index (χ3n) is 4.94. The number of benzene rings is 3. The third-order valence-corrected chi connectivity index (χ3v) is 5.57. The van der Waals surface area contributed by atoms with Crippen molar-refractivity contribution >= 4 is 35.4 Å². The van der Waals surface area contributed by atoms with Gasteiger partial charge >= 0.3 is 0 Å². The van der Waals surface area contributed by atoms with Gasteiger partial charge in [0.25, 0.3) is 0 Å². The van der Waals surface area contributed by atoms with Gasteiger partial charge in [-0.25, -0.2) is 0 Å². The minimum absolute atomic E-state index is 0.174. The maximum absolute atomic E-state index is 13.6. The smallest absolute Gasteiger partial charge is 0.196 e. The largest absolute Gasteiger partial charge is 0.384 e. The van der Waals surface area contributed by atoms with E-state index in [1.54, 1.807) is 53.1 Å². The Labute approximate surface area is 189 Å². The lowest BCUT2D eigenvalue weighted by atomic mass is 9.91. The van der Waals surface area contributed by atoms with Crippen molar-refractivity contribution < 1.29 is 4.79 Å². The Morgan fingerprint density at radius 3 is 2.10 bits per heavy atom. The summed E-state index contributed by atoms with van der Waals surface area (Å²) in [6.45, 7) is 0. The van der Waals surface area contributed by atoms with Crippen molar-refractivity contribution in [3.8, 4) is 22.9 Å². The molecule has 0 saturated heterocycles. The molecular formula is C25H16ClN3OS. The van der Waals surface area contributed by atoms with Gasteiger partial charge in [0.1, 0.15) is 22.1 Å². The first-order valence-electron chi connectivity index (χ1n) is 9.42. The molecule has 6 heteroatoms. The molecule has 0 unspecified atom stereocenters. The SMILES string of the molecule is N#Cc1c(-c2ccc(Cl)cc2)c(C(=O)c2ccccc2)c(=S)n(-c2ccccc2)c1N. The van der Waals surface area contributed by atoms with Gasteiger partial charge in [0.2, 0.25) is 0 Å². The number of carbonyl (C=O) groups is 1. The van der Waals surface area contributed by atoms with Crippen molar-refractivity contribution in [2.45, 2.75) is 0 Å². The number of hydrogen-bond acceptors (Lipinski definition) is 4. The predicted molar refractivity (Wildman–Crippen MR) is 126 cm³/mol. The normalized spacial score (nSPS) is 10.5. The number of pyridine rings is 1. The van der Waals surface area contributed by atoms with Crippen LogP contribution < -0.4 is 5.73 Å². The van der Waals surface area contributed by atoms with Crippen LogP contribution in [0, 0.1) is 16.0 Å². The van der Waals surface area contributed by atoms with Gasteiger partial charge in [0.05, 0.1) is 5.56 Å². The van der Waals surface area contributed by atoms with Crippen LogP contribution in [-0.4, -0.2) is 10.4 Å². The molecule has 0 radical (unpaired) electrons. The molecule has 2 N–H and O–H groups in total. The molecule has 1 heterocycles. The Morgan fingerprint density at radius 2 is 1.52 bits per heavy atom. The highest BCUT2D eigenvalue weighted by molar-refractivity contribution is 7.71. The first-order valence-corrected chi connectivity index (χ1v) is 10.2. The number of halogens is 1. The van der Waals surface area contributed by atoms with Crippen LogP contribution in [0.2, 0.25) is 5.02 Å². The number of ketones is 1. The lowest BCUT2D eigenvalue weighted by Gasteiger charge is -2.20. The average molecular weight is 442 g/mol. The van der Waals surface area contributed by atoms with E-state index in [2.05, 4.69) is 6.07 Å². The molecule has 0 aliphatic rings. The number of nitrogens with two attached hydrogens (primary N) is 1. The molecule has 0 aliphatic carbocycles. The number of carbonyl (C=O) groups excluding carboxylic acids is 1.